The van der Waals surface area contributed by atoms with Crippen molar-refractivity contribution in [1.29, 1.82) is 5.26 Å². The number of hydrogen-bond donors (Lipinski definition) is 2. The lowest BCUT2D eigenvalue weighted by Crippen LogP contribution is -2.41. The molecular weight excluding hydrogens is 298 g/mol. The predicted molar refractivity (Wildman–Crippen MR) is 76.7 cm³/mol. The molecule has 0 fully saturated rings. The van der Waals surface area contributed by atoms with Gasteiger partial charge in [-0.1, -0.05) is 0 Å². The van der Waals surface area contributed by atoms with Gasteiger partial charge in [0.15, 0.2) is 0 Å². The van der Waals surface area contributed by atoms with Gasteiger partial charge in [-0.25, -0.2) is 13.1 Å². The van der Waals surface area contributed by atoms with Crippen molar-refractivity contribution in [2.45, 2.75) is 36.9 Å². The van der Waals surface area contributed by atoms with E-state index in [4.69, 9.17) is 5.26 Å². The number of carbonyl (C=O) groups excluding carboxylic acids is 1. The lowest BCUT2D eigenvalue weighted by molar-refractivity contribution is -0.122. The number of carbonyl (C=O) groups is 1. The Morgan fingerprint density at radius 2 is 2.05 bits per heavy atom. The van der Waals surface area contributed by atoms with E-state index in [1.54, 1.807) is 0 Å². The molecule has 0 aromatic carbocycles. The molecular formula is C12H17N3O3S2. The van der Waals surface area contributed by atoms with E-state index in [2.05, 4.69) is 10.0 Å². The molecule has 2 N–H and O–H groups in total. The second kappa shape index (κ2) is 6.35. The van der Waals surface area contributed by atoms with Gasteiger partial charge >= 0.3 is 0 Å². The zero-order chi connectivity index (χ0) is 15.4. The lowest BCUT2D eigenvalue weighted by Gasteiger charge is -2.20. The van der Waals surface area contributed by atoms with Gasteiger partial charge in [0.05, 0.1) is 0 Å². The SMILES string of the molecule is CC(C)(C)NC(=O)CCNS(=O)(=O)c1ccc(C#N)s1. The summed E-state index contributed by atoms with van der Waals surface area (Å²) in [5.74, 6) is -0.218. The molecule has 6 nitrogen and oxygen atoms in total. The Hall–Kier alpha value is -1.43. The molecule has 8 heteroatoms. The highest BCUT2D eigenvalue weighted by Crippen LogP contribution is 2.20. The van der Waals surface area contributed by atoms with E-state index in [0.29, 0.717) is 4.88 Å². The van der Waals surface area contributed by atoms with Crippen LogP contribution in [-0.4, -0.2) is 26.4 Å². The van der Waals surface area contributed by atoms with Crippen LogP contribution in [0.25, 0.3) is 0 Å². The number of hydrogen-bond acceptors (Lipinski definition) is 5. The topological polar surface area (TPSA) is 99.1 Å². The quantitative estimate of drug-likeness (QED) is 0.853. The molecule has 1 aromatic rings. The van der Waals surface area contributed by atoms with Gasteiger partial charge in [-0.2, -0.15) is 5.26 Å². The summed E-state index contributed by atoms with van der Waals surface area (Å²) in [5.41, 5.74) is -0.342. The maximum atomic E-state index is 11.9. The van der Waals surface area contributed by atoms with Crippen LogP contribution >= 0.6 is 11.3 Å². The molecule has 1 aromatic heterocycles. The fraction of sp³-hybridized carbons (Fsp3) is 0.500. The Bertz CT molecular complexity index is 621. The van der Waals surface area contributed by atoms with Crippen molar-refractivity contribution in [3.63, 3.8) is 0 Å². The van der Waals surface area contributed by atoms with Crippen LogP contribution in [-0.2, 0) is 14.8 Å². The maximum Gasteiger partial charge on any atom is 0.250 e. The zero-order valence-electron chi connectivity index (χ0n) is 11.6. The van der Waals surface area contributed by atoms with Gasteiger partial charge in [-0.3, -0.25) is 4.79 Å². The van der Waals surface area contributed by atoms with Gasteiger partial charge in [0.25, 0.3) is 0 Å². The van der Waals surface area contributed by atoms with Crippen molar-refractivity contribution in [3.05, 3.63) is 17.0 Å². The Balaban J connectivity index is 2.53. The van der Waals surface area contributed by atoms with Crippen LogP contribution < -0.4 is 10.0 Å². The highest BCUT2D eigenvalue weighted by Gasteiger charge is 2.18. The van der Waals surface area contributed by atoms with Crippen molar-refractivity contribution in [2.75, 3.05) is 6.54 Å². The molecule has 0 spiro atoms. The molecule has 0 saturated heterocycles. The Labute approximate surface area is 122 Å². The summed E-state index contributed by atoms with van der Waals surface area (Å²) >= 11 is 0.897. The number of nitrogens with one attached hydrogen (secondary N) is 2. The van der Waals surface area contributed by atoms with Crippen LogP contribution in [0.15, 0.2) is 16.3 Å². The first-order valence-corrected chi connectivity index (χ1v) is 8.25. The highest BCUT2D eigenvalue weighted by molar-refractivity contribution is 7.91. The molecule has 110 valence electrons. The van der Waals surface area contributed by atoms with E-state index in [1.165, 1.54) is 12.1 Å². The average molecular weight is 315 g/mol. The third-order valence-corrected chi connectivity index (χ3v) is 5.06. The Kier molecular flexibility index (Phi) is 5.28. The normalized spacial score (nSPS) is 11.9. The van der Waals surface area contributed by atoms with Crippen molar-refractivity contribution in [2.24, 2.45) is 0 Å². The summed E-state index contributed by atoms with van der Waals surface area (Å²) < 4.78 is 26.2. The summed E-state index contributed by atoms with van der Waals surface area (Å²) in [5, 5.41) is 11.4. The molecule has 20 heavy (non-hydrogen) atoms. The number of amides is 1. The van der Waals surface area contributed by atoms with Crippen LogP contribution in [0.2, 0.25) is 0 Å². The van der Waals surface area contributed by atoms with E-state index in [9.17, 15) is 13.2 Å². The third-order valence-electron chi connectivity index (χ3n) is 2.11. The van der Waals surface area contributed by atoms with Crippen LogP contribution in [0.3, 0.4) is 0 Å². The van der Waals surface area contributed by atoms with Crippen LogP contribution in [0, 0.1) is 11.3 Å². The maximum absolute atomic E-state index is 11.9. The lowest BCUT2D eigenvalue weighted by atomic mass is 10.1. The van der Waals surface area contributed by atoms with Gasteiger partial charge in [0, 0.05) is 18.5 Å². The Morgan fingerprint density at radius 3 is 2.55 bits per heavy atom. The van der Waals surface area contributed by atoms with Crippen molar-refractivity contribution in [1.82, 2.24) is 10.0 Å². The molecule has 0 unspecified atom stereocenters. The predicted octanol–water partition coefficient (Wildman–Crippen LogP) is 1.20. The van der Waals surface area contributed by atoms with Gasteiger partial charge in [-0.15, -0.1) is 11.3 Å². The van der Waals surface area contributed by atoms with Crippen molar-refractivity contribution >= 4 is 27.3 Å². The number of thiophene rings is 1. The molecule has 0 saturated carbocycles. The smallest absolute Gasteiger partial charge is 0.250 e. The Morgan fingerprint density at radius 1 is 1.40 bits per heavy atom. The van der Waals surface area contributed by atoms with E-state index in [1.807, 2.05) is 26.8 Å². The molecule has 0 aliphatic rings. The summed E-state index contributed by atoms with van der Waals surface area (Å²) in [7, 11) is -3.65. The van der Waals surface area contributed by atoms with Gasteiger partial charge in [0.1, 0.15) is 15.2 Å². The molecule has 0 aliphatic carbocycles. The summed E-state index contributed by atoms with van der Waals surface area (Å²) in [4.78, 5) is 11.9. The average Bonchev–Trinajstić information content (AvgIpc) is 2.75. The summed E-state index contributed by atoms with van der Waals surface area (Å²) in [6.07, 6.45) is 0.0625. The van der Waals surface area contributed by atoms with Crippen LogP contribution in [0.5, 0.6) is 0 Å². The van der Waals surface area contributed by atoms with Gasteiger partial charge in [-0.05, 0) is 32.9 Å². The molecule has 0 aliphatic heterocycles. The largest absolute Gasteiger partial charge is 0.351 e. The number of rotatable bonds is 5. The molecule has 1 amide bonds. The van der Waals surface area contributed by atoms with Crippen molar-refractivity contribution in [3.8, 4) is 6.07 Å². The van der Waals surface area contributed by atoms with E-state index >= 15 is 0 Å². The minimum Gasteiger partial charge on any atom is -0.351 e. The first-order valence-electron chi connectivity index (χ1n) is 5.95. The third kappa shape index (κ3) is 5.28. The molecule has 1 rings (SSSR count). The second-order valence-electron chi connectivity index (χ2n) is 5.18. The highest BCUT2D eigenvalue weighted by atomic mass is 32.2. The molecule has 0 bridgehead atoms. The number of nitriles is 1. The molecule has 0 atom stereocenters. The molecule has 0 radical (unpaired) electrons. The summed E-state index contributed by atoms with van der Waals surface area (Å²) in [6, 6.07) is 4.71. The fourth-order valence-corrected chi connectivity index (χ4v) is 3.56. The number of nitrogens with zero attached hydrogens (tertiary/aromatic N) is 1. The van der Waals surface area contributed by atoms with Crippen LogP contribution in [0.4, 0.5) is 0 Å². The van der Waals surface area contributed by atoms with Gasteiger partial charge in [0.2, 0.25) is 15.9 Å². The minimum atomic E-state index is -3.65. The van der Waals surface area contributed by atoms with E-state index in [-0.39, 0.29) is 28.6 Å². The van der Waals surface area contributed by atoms with Crippen LogP contribution in [0.1, 0.15) is 32.1 Å². The van der Waals surface area contributed by atoms with Gasteiger partial charge < -0.3 is 5.32 Å². The second-order valence-corrected chi connectivity index (χ2v) is 8.25. The van der Waals surface area contributed by atoms with E-state index < -0.39 is 10.0 Å². The van der Waals surface area contributed by atoms with E-state index in [0.717, 1.165) is 11.3 Å². The first-order chi connectivity index (χ1) is 9.14. The van der Waals surface area contributed by atoms with Crippen molar-refractivity contribution < 1.29 is 13.2 Å². The first kappa shape index (κ1) is 16.6. The zero-order valence-corrected chi connectivity index (χ0v) is 13.2. The fourth-order valence-electron chi connectivity index (χ4n) is 1.38. The molecule has 1 heterocycles. The summed E-state index contributed by atoms with van der Waals surface area (Å²) in [6.45, 7) is 5.57. The number of sulfonamides is 1. The standard InChI is InChI=1S/C12H17N3O3S2/c1-12(2,3)15-10(16)6-7-14-20(17,18)11-5-4-9(8-13)19-11/h4-5,14H,6-7H2,1-3H3,(H,15,16). The monoisotopic (exact) mass is 315 g/mol. The minimum absolute atomic E-state index is 0.0179.